The lowest BCUT2D eigenvalue weighted by Gasteiger charge is -2.07. The predicted octanol–water partition coefficient (Wildman–Crippen LogP) is 3.99. The highest BCUT2D eigenvalue weighted by atomic mass is 35.5. The van der Waals surface area contributed by atoms with Gasteiger partial charge in [-0.1, -0.05) is 13.3 Å². The van der Waals surface area contributed by atoms with Gasteiger partial charge in [0, 0.05) is 18.0 Å². The van der Waals surface area contributed by atoms with Crippen LogP contribution >= 0.6 is 11.6 Å². The van der Waals surface area contributed by atoms with Crippen LogP contribution in [0.3, 0.4) is 0 Å². The smallest absolute Gasteiger partial charge is 0.338 e. The van der Waals surface area contributed by atoms with E-state index >= 15 is 0 Å². The topological polar surface area (TPSA) is 55.4 Å². The molecule has 0 saturated heterocycles. The van der Waals surface area contributed by atoms with E-state index in [4.69, 9.17) is 16.3 Å². The van der Waals surface area contributed by atoms with Crippen LogP contribution in [0.15, 0.2) is 24.3 Å². The molecule has 116 valence electrons. The minimum atomic E-state index is -0.330. The van der Waals surface area contributed by atoms with Gasteiger partial charge in [-0.3, -0.25) is 4.79 Å². The molecule has 0 aliphatic carbocycles. The van der Waals surface area contributed by atoms with Crippen molar-refractivity contribution in [3.05, 3.63) is 29.8 Å². The summed E-state index contributed by atoms with van der Waals surface area (Å²) in [6.07, 6.45) is 3.91. The average molecular weight is 312 g/mol. The molecule has 0 heterocycles. The Morgan fingerprint density at radius 2 is 1.86 bits per heavy atom. The molecule has 0 atom stereocenters. The summed E-state index contributed by atoms with van der Waals surface area (Å²) in [6, 6.07) is 6.72. The molecule has 5 heteroatoms. The number of carbonyl (C=O) groups is 2. The lowest BCUT2D eigenvalue weighted by Crippen LogP contribution is -2.11. The summed E-state index contributed by atoms with van der Waals surface area (Å²) in [5.41, 5.74) is 1.17. The van der Waals surface area contributed by atoms with Gasteiger partial charge in [-0.15, -0.1) is 11.6 Å². The maximum absolute atomic E-state index is 11.7. The largest absolute Gasteiger partial charge is 0.462 e. The highest BCUT2D eigenvalue weighted by Gasteiger charge is 2.07. The molecule has 4 nitrogen and oxygen atoms in total. The van der Waals surface area contributed by atoms with Gasteiger partial charge in [-0.05, 0) is 43.5 Å². The fourth-order valence-corrected chi connectivity index (χ4v) is 1.87. The van der Waals surface area contributed by atoms with Crippen molar-refractivity contribution in [3.63, 3.8) is 0 Å². The Morgan fingerprint density at radius 3 is 2.48 bits per heavy atom. The Bertz CT molecular complexity index is 445. The van der Waals surface area contributed by atoms with Gasteiger partial charge in [-0.2, -0.15) is 0 Å². The summed E-state index contributed by atoms with van der Waals surface area (Å²) in [6.45, 7) is 2.48. The van der Waals surface area contributed by atoms with E-state index in [1.807, 2.05) is 6.92 Å². The number of nitrogens with one attached hydrogen (secondary N) is 1. The van der Waals surface area contributed by atoms with Gasteiger partial charge >= 0.3 is 5.97 Å². The zero-order chi connectivity index (χ0) is 15.5. The van der Waals surface area contributed by atoms with E-state index in [0.29, 0.717) is 30.2 Å². The van der Waals surface area contributed by atoms with Gasteiger partial charge in [0.2, 0.25) is 5.91 Å². The van der Waals surface area contributed by atoms with E-state index in [0.717, 1.165) is 25.7 Å². The number of amides is 1. The average Bonchev–Trinajstić information content (AvgIpc) is 2.48. The number of unbranched alkanes of at least 4 members (excludes halogenated alkanes) is 2. The number of ether oxygens (including phenoxy) is 1. The van der Waals surface area contributed by atoms with Crippen LogP contribution in [-0.4, -0.2) is 24.4 Å². The summed E-state index contributed by atoms with van der Waals surface area (Å²) >= 11 is 5.56. The van der Waals surface area contributed by atoms with Gasteiger partial charge in [0.05, 0.1) is 12.2 Å². The van der Waals surface area contributed by atoms with E-state index in [2.05, 4.69) is 5.32 Å². The molecule has 0 saturated carbocycles. The van der Waals surface area contributed by atoms with E-state index in [1.54, 1.807) is 24.3 Å². The molecular formula is C16H22ClNO3. The molecule has 1 aromatic rings. The van der Waals surface area contributed by atoms with Crippen molar-refractivity contribution in [2.45, 2.75) is 39.0 Å². The van der Waals surface area contributed by atoms with Gasteiger partial charge in [0.1, 0.15) is 0 Å². The lowest BCUT2D eigenvalue weighted by molar-refractivity contribution is -0.116. The Kier molecular flexibility index (Phi) is 8.51. The molecule has 0 unspecified atom stereocenters. The quantitative estimate of drug-likeness (QED) is 0.426. The minimum absolute atomic E-state index is 0.0432. The van der Waals surface area contributed by atoms with Crippen molar-refractivity contribution in [3.8, 4) is 0 Å². The zero-order valence-electron chi connectivity index (χ0n) is 12.4. The first kappa shape index (κ1) is 17.5. The second-order valence-corrected chi connectivity index (χ2v) is 5.14. The van der Waals surface area contributed by atoms with Crippen molar-refractivity contribution < 1.29 is 14.3 Å². The van der Waals surface area contributed by atoms with Crippen molar-refractivity contribution in [1.82, 2.24) is 0 Å². The molecule has 1 rings (SSSR count). The van der Waals surface area contributed by atoms with E-state index in [9.17, 15) is 9.59 Å². The predicted molar refractivity (Wildman–Crippen MR) is 84.8 cm³/mol. The third-order valence-electron chi connectivity index (χ3n) is 2.92. The Morgan fingerprint density at radius 1 is 1.14 bits per heavy atom. The Labute approximate surface area is 130 Å². The van der Waals surface area contributed by atoms with Crippen molar-refractivity contribution >= 4 is 29.2 Å². The van der Waals surface area contributed by atoms with Crippen LogP contribution < -0.4 is 5.32 Å². The van der Waals surface area contributed by atoms with Crippen LogP contribution in [0.2, 0.25) is 0 Å². The number of esters is 1. The monoisotopic (exact) mass is 311 g/mol. The molecule has 1 amide bonds. The van der Waals surface area contributed by atoms with Gasteiger partial charge in [-0.25, -0.2) is 4.79 Å². The number of halogens is 1. The summed E-state index contributed by atoms with van der Waals surface area (Å²) in [7, 11) is 0. The van der Waals surface area contributed by atoms with Crippen LogP contribution in [0.5, 0.6) is 0 Å². The first-order chi connectivity index (χ1) is 10.2. The highest BCUT2D eigenvalue weighted by molar-refractivity contribution is 6.17. The maximum atomic E-state index is 11.7. The molecular weight excluding hydrogens is 290 g/mol. The van der Waals surface area contributed by atoms with Crippen molar-refractivity contribution in [1.29, 1.82) is 0 Å². The second kappa shape index (κ2) is 10.2. The van der Waals surface area contributed by atoms with Gasteiger partial charge < -0.3 is 10.1 Å². The third kappa shape index (κ3) is 7.14. The van der Waals surface area contributed by atoms with Crippen molar-refractivity contribution in [2.24, 2.45) is 0 Å². The fourth-order valence-electron chi connectivity index (χ4n) is 1.69. The molecule has 1 N–H and O–H groups in total. The molecule has 0 aromatic heterocycles. The molecule has 0 aliphatic heterocycles. The molecule has 0 aliphatic rings. The molecule has 21 heavy (non-hydrogen) atoms. The normalized spacial score (nSPS) is 10.2. The summed E-state index contributed by atoms with van der Waals surface area (Å²) in [5.74, 6) is 0.198. The van der Waals surface area contributed by atoms with Crippen LogP contribution in [0.4, 0.5) is 5.69 Å². The van der Waals surface area contributed by atoms with Gasteiger partial charge in [0.15, 0.2) is 0 Å². The summed E-state index contributed by atoms with van der Waals surface area (Å²) in [5, 5.41) is 2.79. The Balaban J connectivity index is 2.42. The van der Waals surface area contributed by atoms with Crippen LogP contribution in [-0.2, 0) is 9.53 Å². The first-order valence-electron chi connectivity index (χ1n) is 7.30. The second-order valence-electron chi connectivity index (χ2n) is 4.76. The van der Waals surface area contributed by atoms with Crippen LogP contribution in [0.25, 0.3) is 0 Å². The molecule has 0 radical (unpaired) electrons. The van der Waals surface area contributed by atoms with Crippen molar-refractivity contribution in [2.75, 3.05) is 17.8 Å². The number of benzene rings is 1. The van der Waals surface area contributed by atoms with Crippen LogP contribution in [0.1, 0.15) is 49.4 Å². The number of alkyl halides is 1. The van der Waals surface area contributed by atoms with E-state index < -0.39 is 0 Å². The molecule has 0 fully saturated rings. The van der Waals surface area contributed by atoms with Crippen LogP contribution in [0, 0.1) is 0 Å². The SMILES string of the molecule is CCCCOC(=O)c1ccc(NC(=O)CCCCCl)cc1. The minimum Gasteiger partial charge on any atom is -0.462 e. The summed E-state index contributed by atoms with van der Waals surface area (Å²) < 4.78 is 5.12. The molecule has 1 aromatic carbocycles. The molecule has 0 bridgehead atoms. The van der Waals surface area contributed by atoms with E-state index in [1.165, 1.54) is 0 Å². The number of hydrogen-bond donors (Lipinski definition) is 1. The first-order valence-corrected chi connectivity index (χ1v) is 7.83. The number of rotatable bonds is 9. The van der Waals surface area contributed by atoms with E-state index in [-0.39, 0.29) is 11.9 Å². The lowest BCUT2D eigenvalue weighted by atomic mass is 10.2. The zero-order valence-corrected chi connectivity index (χ0v) is 13.1. The van der Waals surface area contributed by atoms with Gasteiger partial charge in [0.25, 0.3) is 0 Å². The highest BCUT2D eigenvalue weighted by Crippen LogP contribution is 2.12. The third-order valence-corrected chi connectivity index (χ3v) is 3.19. The number of anilines is 1. The Hall–Kier alpha value is -1.55. The standard InChI is InChI=1S/C16H22ClNO3/c1-2-3-12-21-16(20)13-7-9-14(10-8-13)18-15(19)6-4-5-11-17/h7-10H,2-6,11-12H2,1H3,(H,18,19). The molecule has 0 spiro atoms. The number of hydrogen-bond acceptors (Lipinski definition) is 3. The fraction of sp³-hybridized carbons (Fsp3) is 0.500. The number of carbonyl (C=O) groups excluding carboxylic acids is 2. The maximum Gasteiger partial charge on any atom is 0.338 e. The summed E-state index contributed by atoms with van der Waals surface area (Å²) in [4.78, 5) is 23.3.